The first-order chi connectivity index (χ1) is 13.0. The van der Waals surface area contributed by atoms with Crippen molar-refractivity contribution in [2.75, 3.05) is 26.3 Å². The standard InChI is InChI=1S/C23H27NO3/c1-17-3-4-18(2)21(15-17)22(25)20-7-5-19(6-8-20)16-24-11-9-23(10-12-24)26-13-14-27-23/h3-8,15H,9-14,16H2,1-2H3. The summed E-state index contributed by atoms with van der Waals surface area (Å²) in [6, 6.07) is 14.1. The number of hydrogen-bond acceptors (Lipinski definition) is 4. The molecule has 2 aromatic rings. The number of carbonyl (C=O) groups is 1. The highest BCUT2D eigenvalue weighted by Crippen LogP contribution is 2.31. The minimum absolute atomic E-state index is 0.0956. The zero-order valence-electron chi connectivity index (χ0n) is 16.2. The third-order valence-corrected chi connectivity index (χ3v) is 5.69. The molecule has 1 spiro atoms. The minimum atomic E-state index is -0.321. The number of nitrogens with zero attached hydrogens (tertiary/aromatic N) is 1. The zero-order chi connectivity index (χ0) is 18.9. The molecule has 0 amide bonds. The number of rotatable bonds is 4. The molecule has 2 aliphatic heterocycles. The molecule has 2 aliphatic rings. The van der Waals surface area contributed by atoms with Crippen molar-refractivity contribution in [3.8, 4) is 0 Å². The van der Waals surface area contributed by atoms with Crippen molar-refractivity contribution in [3.05, 3.63) is 70.3 Å². The highest BCUT2D eigenvalue weighted by molar-refractivity contribution is 6.10. The van der Waals surface area contributed by atoms with Gasteiger partial charge in [0, 0.05) is 43.6 Å². The van der Waals surface area contributed by atoms with Crippen molar-refractivity contribution >= 4 is 5.78 Å². The SMILES string of the molecule is Cc1ccc(C)c(C(=O)c2ccc(CN3CCC4(CC3)OCCO4)cc2)c1. The quantitative estimate of drug-likeness (QED) is 0.771. The van der Waals surface area contributed by atoms with Crippen LogP contribution in [0.4, 0.5) is 0 Å². The van der Waals surface area contributed by atoms with Crippen LogP contribution in [0.3, 0.4) is 0 Å². The molecule has 0 saturated carbocycles. The Hall–Kier alpha value is -2.01. The molecule has 2 heterocycles. The van der Waals surface area contributed by atoms with E-state index in [4.69, 9.17) is 9.47 Å². The Kier molecular flexibility index (Phi) is 5.13. The van der Waals surface area contributed by atoms with Gasteiger partial charge in [0.1, 0.15) is 0 Å². The summed E-state index contributed by atoms with van der Waals surface area (Å²) in [6.45, 7) is 8.29. The van der Waals surface area contributed by atoms with E-state index in [1.165, 1.54) is 5.56 Å². The fraction of sp³-hybridized carbons (Fsp3) is 0.435. The number of aryl methyl sites for hydroxylation is 2. The average Bonchev–Trinajstić information content (AvgIpc) is 3.14. The predicted octanol–water partition coefficient (Wildman–Crippen LogP) is 3.87. The van der Waals surface area contributed by atoms with Gasteiger partial charge in [-0.2, -0.15) is 0 Å². The van der Waals surface area contributed by atoms with Gasteiger partial charge in [0.05, 0.1) is 13.2 Å². The molecule has 142 valence electrons. The van der Waals surface area contributed by atoms with Crippen LogP contribution in [0.1, 0.15) is 45.5 Å². The second-order valence-corrected chi connectivity index (χ2v) is 7.73. The number of ether oxygens (including phenoxy) is 2. The first-order valence-electron chi connectivity index (χ1n) is 9.76. The molecule has 27 heavy (non-hydrogen) atoms. The van der Waals surface area contributed by atoms with E-state index in [1.807, 2.05) is 44.2 Å². The van der Waals surface area contributed by atoms with E-state index in [0.717, 1.165) is 67.9 Å². The number of benzene rings is 2. The van der Waals surface area contributed by atoms with Crippen LogP contribution >= 0.6 is 0 Å². The van der Waals surface area contributed by atoms with Crippen LogP contribution in [0.25, 0.3) is 0 Å². The van der Waals surface area contributed by atoms with E-state index in [2.05, 4.69) is 17.0 Å². The Morgan fingerprint density at radius 3 is 2.33 bits per heavy atom. The summed E-state index contributed by atoms with van der Waals surface area (Å²) >= 11 is 0. The van der Waals surface area contributed by atoms with Crippen molar-refractivity contribution in [2.45, 2.75) is 39.0 Å². The Morgan fingerprint density at radius 2 is 1.67 bits per heavy atom. The number of ketones is 1. The van der Waals surface area contributed by atoms with Crippen molar-refractivity contribution in [1.29, 1.82) is 0 Å². The Morgan fingerprint density at radius 1 is 1.00 bits per heavy atom. The number of carbonyl (C=O) groups excluding carboxylic acids is 1. The fourth-order valence-corrected chi connectivity index (χ4v) is 3.99. The van der Waals surface area contributed by atoms with Crippen molar-refractivity contribution in [1.82, 2.24) is 4.90 Å². The second-order valence-electron chi connectivity index (χ2n) is 7.73. The van der Waals surface area contributed by atoms with E-state index in [9.17, 15) is 4.79 Å². The lowest BCUT2D eigenvalue weighted by molar-refractivity contribution is -0.185. The molecule has 2 aromatic carbocycles. The Balaban J connectivity index is 1.39. The van der Waals surface area contributed by atoms with Crippen LogP contribution in [0, 0.1) is 13.8 Å². The van der Waals surface area contributed by atoms with Gasteiger partial charge in [0.25, 0.3) is 0 Å². The number of piperidine rings is 1. The van der Waals surface area contributed by atoms with Gasteiger partial charge in [0.15, 0.2) is 11.6 Å². The van der Waals surface area contributed by atoms with Crippen molar-refractivity contribution in [3.63, 3.8) is 0 Å². The van der Waals surface area contributed by atoms with Crippen LogP contribution in [0.5, 0.6) is 0 Å². The molecule has 2 saturated heterocycles. The van der Waals surface area contributed by atoms with Crippen LogP contribution in [0.15, 0.2) is 42.5 Å². The van der Waals surface area contributed by atoms with E-state index in [-0.39, 0.29) is 11.6 Å². The first-order valence-corrected chi connectivity index (χ1v) is 9.76. The lowest BCUT2D eigenvalue weighted by atomic mass is 9.96. The van der Waals surface area contributed by atoms with Gasteiger partial charge in [-0.1, -0.05) is 42.0 Å². The van der Waals surface area contributed by atoms with Crippen LogP contribution in [-0.4, -0.2) is 42.8 Å². The molecular formula is C23H27NO3. The third-order valence-electron chi connectivity index (χ3n) is 5.69. The third kappa shape index (κ3) is 3.98. The summed E-state index contributed by atoms with van der Waals surface area (Å²) < 4.78 is 11.6. The summed E-state index contributed by atoms with van der Waals surface area (Å²) in [5.74, 6) is -0.225. The van der Waals surface area contributed by atoms with E-state index < -0.39 is 0 Å². The molecule has 2 fully saturated rings. The zero-order valence-corrected chi connectivity index (χ0v) is 16.2. The van der Waals surface area contributed by atoms with Gasteiger partial charge in [-0.05, 0) is 31.0 Å². The van der Waals surface area contributed by atoms with Crippen molar-refractivity contribution < 1.29 is 14.3 Å². The average molecular weight is 365 g/mol. The van der Waals surface area contributed by atoms with E-state index >= 15 is 0 Å². The summed E-state index contributed by atoms with van der Waals surface area (Å²) in [5, 5.41) is 0. The maximum atomic E-state index is 12.8. The monoisotopic (exact) mass is 365 g/mol. The smallest absolute Gasteiger partial charge is 0.193 e. The lowest BCUT2D eigenvalue weighted by Crippen LogP contribution is -2.44. The van der Waals surface area contributed by atoms with Gasteiger partial charge in [0.2, 0.25) is 0 Å². The summed E-state index contributed by atoms with van der Waals surface area (Å²) in [5.41, 5.74) is 4.90. The molecular weight excluding hydrogens is 338 g/mol. The molecule has 4 rings (SSSR count). The molecule has 4 nitrogen and oxygen atoms in total. The molecule has 0 N–H and O–H groups in total. The fourth-order valence-electron chi connectivity index (χ4n) is 3.99. The largest absolute Gasteiger partial charge is 0.347 e. The van der Waals surface area contributed by atoms with Gasteiger partial charge in [-0.25, -0.2) is 0 Å². The van der Waals surface area contributed by atoms with Gasteiger partial charge < -0.3 is 9.47 Å². The highest BCUT2D eigenvalue weighted by atomic mass is 16.7. The normalized spacial score (nSPS) is 19.5. The predicted molar refractivity (Wildman–Crippen MR) is 105 cm³/mol. The van der Waals surface area contributed by atoms with Gasteiger partial charge in [-0.3, -0.25) is 9.69 Å². The summed E-state index contributed by atoms with van der Waals surface area (Å²) in [7, 11) is 0. The van der Waals surface area contributed by atoms with Crippen molar-refractivity contribution in [2.24, 2.45) is 0 Å². The number of hydrogen-bond donors (Lipinski definition) is 0. The Labute approximate surface area is 161 Å². The molecule has 0 atom stereocenters. The maximum absolute atomic E-state index is 12.8. The molecule has 4 heteroatoms. The molecule has 0 aromatic heterocycles. The lowest BCUT2D eigenvalue weighted by Gasteiger charge is -2.37. The highest BCUT2D eigenvalue weighted by Gasteiger charge is 2.39. The molecule has 0 radical (unpaired) electrons. The van der Waals surface area contributed by atoms with Crippen LogP contribution in [0.2, 0.25) is 0 Å². The minimum Gasteiger partial charge on any atom is -0.347 e. The summed E-state index contributed by atoms with van der Waals surface area (Å²) in [6.07, 6.45) is 1.85. The summed E-state index contributed by atoms with van der Waals surface area (Å²) in [4.78, 5) is 15.3. The second kappa shape index (κ2) is 7.55. The maximum Gasteiger partial charge on any atom is 0.193 e. The van der Waals surface area contributed by atoms with E-state index in [0.29, 0.717) is 0 Å². The number of likely N-dealkylation sites (tertiary alicyclic amines) is 1. The van der Waals surface area contributed by atoms with E-state index in [1.54, 1.807) is 0 Å². The molecule has 0 aliphatic carbocycles. The first kappa shape index (κ1) is 18.4. The van der Waals surface area contributed by atoms with Crippen LogP contribution in [-0.2, 0) is 16.0 Å². The Bertz CT molecular complexity index is 812. The molecule has 0 unspecified atom stereocenters. The molecule has 0 bridgehead atoms. The van der Waals surface area contributed by atoms with Crippen LogP contribution < -0.4 is 0 Å². The topological polar surface area (TPSA) is 38.8 Å². The van der Waals surface area contributed by atoms with Gasteiger partial charge >= 0.3 is 0 Å². The van der Waals surface area contributed by atoms with Gasteiger partial charge in [-0.15, -0.1) is 0 Å².